The molecule has 2 N–H and O–H groups in total. The number of likely N-dealkylation sites (N-methyl/N-ethyl adjacent to an activating group) is 1. The summed E-state index contributed by atoms with van der Waals surface area (Å²) in [6, 6.07) is 11.8. The van der Waals surface area contributed by atoms with Crippen molar-refractivity contribution < 1.29 is 0 Å². The molecule has 1 aliphatic rings. The molecule has 94 valence electrons. The van der Waals surface area contributed by atoms with E-state index in [2.05, 4.69) is 54.1 Å². The van der Waals surface area contributed by atoms with Crippen LogP contribution in [0.25, 0.3) is 0 Å². The quantitative estimate of drug-likeness (QED) is 0.859. The first-order valence-electron chi connectivity index (χ1n) is 6.44. The first-order chi connectivity index (χ1) is 8.22. The Morgan fingerprint density at radius 2 is 1.94 bits per heavy atom. The van der Waals surface area contributed by atoms with Crippen LogP contribution >= 0.6 is 0 Å². The van der Waals surface area contributed by atoms with Crippen LogP contribution in [0.4, 0.5) is 5.69 Å². The molecule has 0 radical (unpaired) electrons. The SMILES string of the molecule is CC1CN(c2ccccc2)CC(CCN)N1C. The number of anilines is 1. The first-order valence-corrected chi connectivity index (χ1v) is 6.44. The van der Waals surface area contributed by atoms with E-state index in [4.69, 9.17) is 5.73 Å². The van der Waals surface area contributed by atoms with E-state index in [1.165, 1.54) is 5.69 Å². The van der Waals surface area contributed by atoms with Gasteiger partial charge in [-0.2, -0.15) is 0 Å². The molecule has 1 aromatic rings. The van der Waals surface area contributed by atoms with Crippen LogP contribution in [0.2, 0.25) is 0 Å². The highest BCUT2D eigenvalue weighted by molar-refractivity contribution is 5.46. The second kappa shape index (κ2) is 5.52. The Balaban J connectivity index is 2.10. The van der Waals surface area contributed by atoms with E-state index in [0.717, 1.165) is 26.1 Å². The second-order valence-electron chi connectivity index (χ2n) is 4.99. The van der Waals surface area contributed by atoms with Gasteiger partial charge in [0.05, 0.1) is 0 Å². The zero-order valence-electron chi connectivity index (χ0n) is 10.8. The van der Waals surface area contributed by atoms with Gasteiger partial charge in [0.1, 0.15) is 0 Å². The molecule has 0 aliphatic carbocycles. The lowest BCUT2D eigenvalue weighted by Crippen LogP contribution is -2.56. The number of nitrogens with two attached hydrogens (primary N) is 1. The zero-order valence-corrected chi connectivity index (χ0v) is 10.8. The van der Waals surface area contributed by atoms with Crippen LogP contribution in [-0.2, 0) is 0 Å². The molecule has 0 aromatic heterocycles. The molecule has 2 atom stereocenters. The van der Waals surface area contributed by atoms with Gasteiger partial charge in [0.25, 0.3) is 0 Å². The van der Waals surface area contributed by atoms with Gasteiger partial charge in [-0.25, -0.2) is 0 Å². The van der Waals surface area contributed by atoms with E-state index in [1.54, 1.807) is 0 Å². The Kier molecular flexibility index (Phi) is 4.02. The number of nitrogens with zero attached hydrogens (tertiary/aromatic N) is 2. The van der Waals surface area contributed by atoms with E-state index >= 15 is 0 Å². The summed E-state index contributed by atoms with van der Waals surface area (Å²) in [5.41, 5.74) is 7.03. The lowest BCUT2D eigenvalue weighted by Gasteiger charge is -2.45. The number of hydrogen-bond acceptors (Lipinski definition) is 3. The van der Waals surface area contributed by atoms with Crippen LogP contribution in [0.3, 0.4) is 0 Å². The molecule has 0 amide bonds. The van der Waals surface area contributed by atoms with Gasteiger partial charge in [-0.3, -0.25) is 4.90 Å². The number of hydrogen-bond donors (Lipinski definition) is 1. The van der Waals surface area contributed by atoms with Crippen molar-refractivity contribution in [2.75, 3.05) is 31.6 Å². The van der Waals surface area contributed by atoms with Crippen molar-refractivity contribution in [3.8, 4) is 0 Å². The summed E-state index contributed by atoms with van der Waals surface area (Å²) in [5.74, 6) is 0. The monoisotopic (exact) mass is 233 g/mol. The van der Waals surface area contributed by atoms with Crippen LogP contribution in [0, 0.1) is 0 Å². The average Bonchev–Trinajstić information content (AvgIpc) is 2.36. The minimum atomic E-state index is 0.573. The van der Waals surface area contributed by atoms with Crippen molar-refractivity contribution in [3.63, 3.8) is 0 Å². The van der Waals surface area contributed by atoms with Gasteiger partial charge in [0, 0.05) is 30.9 Å². The third-order valence-electron chi connectivity index (χ3n) is 3.81. The molecule has 1 aliphatic heterocycles. The summed E-state index contributed by atoms with van der Waals surface area (Å²) in [6.07, 6.45) is 1.07. The van der Waals surface area contributed by atoms with Crippen molar-refractivity contribution in [1.82, 2.24) is 4.90 Å². The molecule has 17 heavy (non-hydrogen) atoms. The first kappa shape index (κ1) is 12.4. The molecule has 1 heterocycles. The van der Waals surface area contributed by atoms with Crippen molar-refractivity contribution in [2.45, 2.75) is 25.4 Å². The van der Waals surface area contributed by atoms with Crippen LogP contribution in [0.5, 0.6) is 0 Å². The molecular formula is C14H23N3. The summed E-state index contributed by atoms with van der Waals surface area (Å²) in [5, 5.41) is 0. The van der Waals surface area contributed by atoms with E-state index < -0.39 is 0 Å². The molecule has 1 aromatic carbocycles. The van der Waals surface area contributed by atoms with Crippen molar-refractivity contribution in [3.05, 3.63) is 30.3 Å². The Hall–Kier alpha value is -1.06. The summed E-state index contributed by atoms with van der Waals surface area (Å²) in [7, 11) is 2.22. The largest absolute Gasteiger partial charge is 0.368 e. The Morgan fingerprint density at radius 3 is 2.59 bits per heavy atom. The maximum atomic E-state index is 5.71. The lowest BCUT2D eigenvalue weighted by atomic mass is 10.0. The fourth-order valence-electron chi connectivity index (χ4n) is 2.60. The summed E-state index contributed by atoms with van der Waals surface area (Å²) in [6.45, 7) is 5.24. The summed E-state index contributed by atoms with van der Waals surface area (Å²) >= 11 is 0. The highest BCUT2D eigenvalue weighted by Gasteiger charge is 2.28. The molecule has 1 saturated heterocycles. The van der Waals surface area contributed by atoms with Crippen LogP contribution in [-0.4, -0.2) is 43.7 Å². The fraction of sp³-hybridized carbons (Fsp3) is 0.571. The Labute approximate surface area is 104 Å². The van der Waals surface area contributed by atoms with E-state index in [-0.39, 0.29) is 0 Å². The van der Waals surface area contributed by atoms with Crippen molar-refractivity contribution >= 4 is 5.69 Å². The van der Waals surface area contributed by atoms with E-state index in [1.807, 2.05) is 0 Å². The van der Waals surface area contributed by atoms with Crippen molar-refractivity contribution in [1.29, 1.82) is 0 Å². The average molecular weight is 233 g/mol. The molecular weight excluding hydrogens is 210 g/mol. The summed E-state index contributed by atoms with van der Waals surface area (Å²) in [4.78, 5) is 4.94. The molecule has 2 unspecified atom stereocenters. The van der Waals surface area contributed by atoms with Gasteiger partial charge < -0.3 is 10.6 Å². The van der Waals surface area contributed by atoms with E-state index in [0.29, 0.717) is 12.1 Å². The zero-order chi connectivity index (χ0) is 12.3. The van der Waals surface area contributed by atoms with Gasteiger partial charge in [0.2, 0.25) is 0 Å². The predicted octanol–water partition coefficient (Wildman–Crippen LogP) is 1.54. The molecule has 0 spiro atoms. The predicted molar refractivity (Wildman–Crippen MR) is 73.3 cm³/mol. The normalized spacial score (nSPS) is 26.2. The molecule has 2 rings (SSSR count). The van der Waals surface area contributed by atoms with Crippen LogP contribution in [0.1, 0.15) is 13.3 Å². The molecule has 0 bridgehead atoms. The standard InChI is InChI=1S/C14H23N3/c1-12-10-17(13-6-4-3-5-7-13)11-14(8-9-15)16(12)2/h3-7,12,14H,8-11,15H2,1-2H3. The van der Waals surface area contributed by atoms with Gasteiger partial charge in [-0.05, 0) is 39.1 Å². The van der Waals surface area contributed by atoms with Crippen molar-refractivity contribution in [2.24, 2.45) is 5.73 Å². The second-order valence-corrected chi connectivity index (χ2v) is 4.99. The summed E-state index contributed by atoms with van der Waals surface area (Å²) < 4.78 is 0. The van der Waals surface area contributed by atoms with Crippen LogP contribution < -0.4 is 10.6 Å². The van der Waals surface area contributed by atoms with Gasteiger partial charge in [-0.15, -0.1) is 0 Å². The molecule has 3 heteroatoms. The Morgan fingerprint density at radius 1 is 1.24 bits per heavy atom. The molecule has 0 saturated carbocycles. The molecule has 1 fully saturated rings. The number of rotatable bonds is 3. The maximum absolute atomic E-state index is 5.71. The van der Waals surface area contributed by atoms with Crippen LogP contribution in [0.15, 0.2) is 30.3 Å². The highest BCUT2D eigenvalue weighted by Crippen LogP contribution is 2.22. The number of piperazine rings is 1. The minimum Gasteiger partial charge on any atom is -0.368 e. The third-order valence-corrected chi connectivity index (χ3v) is 3.81. The molecule has 3 nitrogen and oxygen atoms in total. The lowest BCUT2D eigenvalue weighted by molar-refractivity contribution is 0.152. The highest BCUT2D eigenvalue weighted by atomic mass is 15.3. The minimum absolute atomic E-state index is 0.573. The topological polar surface area (TPSA) is 32.5 Å². The van der Waals surface area contributed by atoms with Gasteiger partial charge in [0.15, 0.2) is 0 Å². The number of benzene rings is 1. The smallest absolute Gasteiger partial charge is 0.0367 e. The maximum Gasteiger partial charge on any atom is 0.0367 e. The number of para-hydroxylation sites is 1. The third kappa shape index (κ3) is 2.79. The Bertz CT molecular complexity index is 339. The fourth-order valence-corrected chi connectivity index (χ4v) is 2.60. The van der Waals surface area contributed by atoms with E-state index in [9.17, 15) is 0 Å². The van der Waals surface area contributed by atoms with Gasteiger partial charge in [-0.1, -0.05) is 18.2 Å². The van der Waals surface area contributed by atoms with Gasteiger partial charge >= 0.3 is 0 Å².